The van der Waals surface area contributed by atoms with Crippen LogP contribution in [0, 0.1) is 5.92 Å². The molecule has 0 unspecified atom stereocenters. The summed E-state index contributed by atoms with van der Waals surface area (Å²) < 4.78 is 0. The molecule has 5 nitrogen and oxygen atoms in total. The number of nitrogens with one attached hydrogen (secondary N) is 1. The fourth-order valence-corrected chi connectivity index (χ4v) is 3.62. The maximum Gasteiger partial charge on any atom is 0.230 e. The second-order valence-corrected chi connectivity index (χ2v) is 7.77. The molecule has 0 radical (unpaired) electrons. The summed E-state index contributed by atoms with van der Waals surface area (Å²) in [6.07, 6.45) is 3.04. The van der Waals surface area contributed by atoms with E-state index in [1.54, 1.807) is 24.3 Å². The van der Waals surface area contributed by atoms with E-state index in [9.17, 15) is 14.4 Å². The Kier molecular flexibility index (Phi) is 5.18. The van der Waals surface area contributed by atoms with Crippen LogP contribution in [0.3, 0.4) is 0 Å². The molecule has 1 N–H and O–H groups in total. The summed E-state index contributed by atoms with van der Waals surface area (Å²) in [6, 6.07) is 12.3. The fraction of sp³-hybridized carbons (Fsp3) is 0.318. The van der Waals surface area contributed by atoms with Gasteiger partial charge in [-0.1, -0.05) is 11.6 Å². The Morgan fingerprint density at radius 3 is 2.50 bits per heavy atom. The molecular formula is C22H21ClN2O3. The van der Waals surface area contributed by atoms with Gasteiger partial charge in [-0.15, -0.1) is 0 Å². The predicted molar refractivity (Wildman–Crippen MR) is 109 cm³/mol. The maximum absolute atomic E-state index is 12.3. The minimum Gasteiger partial charge on any atom is -0.326 e. The minimum atomic E-state index is -0.203. The third-order valence-electron chi connectivity index (χ3n) is 5.20. The Hall–Kier alpha value is -2.66. The SMILES string of the molecule is O=C(CCC(=O)c1ccc(Cl)cc1)Nc1ccc2c(c1)CCN2C(=O)C1CC1. The number of hydrogen-bond acceptors (Lipinski definition) is 3. The molecule has 1 fully saturated rings. The van der Waals surface area contributed by atoms with Gasteiger partial charge in [-0.2, -0.15) is 0 Å². The van der Waals surface area contributed by atoms with Gasteiger partial charge in [-0.3, -0.25) is 14.4 Å². The smallest absolute Gasteiger partial charge is 0.230 e. The summed E-state index contributed by atoms with van der Waals surface area (Å²) >= 11 is 5.82. The summed E-state index contributed by atoms with van der Waals surface area (Å²) in [4.78, 5) is 38.6. The van der Waals surface area contributed by atoms with Crippen molar-refractivity contribution >= 4 is 40.6 Å². The quantitative estimate of drug-likeness (QED) is 0.742. The highest BCUT2D eigenvalue weighted by molar-refractivity contribution is 6.30. The van der Waals surface area contributed by atoms with Gasteiger partial charge in [0.2, 0.25) is 11.8 Å². The average molecular weight is 397 g/mol. The van der Waals surface area contributed by atoms with Crippen molar-refractivity contribution < 1.29 is 14.4 Å². The monoisotopic (exact) mass is 396 g/mol. The molecule has 2 aromatic carbocycles. The van der Waals surface area contributed by atoms with Crippen LogP contribution in [-0.4, -0.2) is 24.1 Å². The number of rotatable bonds is 6. The molecule has 4 rings (SSSR count). The summed E-state index contributed by atoms with van der Waals surface area (Å²) in [6.45, 7) is 0.706. The van der Waals surface area contributed by atoms with Crippen LogP contribution in [0.15, 0.2) is 42.5 Å². The number of ketones is 1. The minimum absolute atomic E-state index is 0.0880. The largest absolute Gasteiger partial charge is 0.326 e. The summed E-state index contributed by atoms with van der Waals surface area (Å²) in [7, 11) is 0. The van der Waals surface area contributed by atoms with Gasteiger partial charge in [-0.05, 0) is 67.3 Å². The van der Waals surface area contributed by atoms with E-state index < -0.39 is 0 Å². The molecule has 1 heterocycles. The number of nitrogens with zero attached hydrogens (tertiary/aromatic N) is 1. The standard InChI is InChI=1S/C22H21ClN2O3/c23-17-5-3-14(4-6-17)20(26)9-10-21(27)24-18-7-8-19-16(13-18)11-12-25(19)22(28)15-1-2-15/h3-8,13,15H,1-2,9-12H2,(H,24,27). The molecule has 0 aromatic heterocycles. The topological polar surface area (TPSA) is 66.5 Å². The number of fused-ring (bicyclic) bond motifs is 1. The number of amides is 2. The van der Waals surface area contributed by atoms with Crippen LogP contribution in [0.1, 0.15) is 41.6 Å². The highest BCUT2D eigenvalue weighted by Gasteiger charge is 2.36. The van der Waals surface area contributed by atoms with Crippen molar-refractivity contribution in [2.75, 3.05) is 16.8 Å². The van der Waals surface area contributed by atoms with Crippen LogP contribution >= 0.6 is 11.6 Å². The van der Waals surface area contributed by atoms with E-state index >= 15 is 0 Å². The second kappa shape index (κ2) is 7.76. The van der Waals surface area contributed by atoms with Crippen molar-refractivity contribution in [3.8, 4) is 0 Å². The first-order chi connectivity index (χ1) is 13.5. The van der Waals surface area contributed by atoms with Crippen molar-refractivity contribution in [3.05, 3.63) is 58.6 Å². The number of Topliss-reactive ketones (excluding diaryl/α,β-unsaturated/α-hetero) is 1. The Bertz CT molecular complexity index is 935. The predicted octanol–water partition coefficient (Wildman–Crippen LogP) is 4.24. The van der Waals surface area contributed by atoms with E-state index in [0.29, 0.717) is 22.8 Å². The van der Waals surface area contributed by atoms with Gasteiger partial charge in [0.25, 0.3) is 0 Å². The summed E-state index contributed by atoms with van der Waals surface area (Å²) in [5.41, 5.74) is 3.27. The highest BCUT2D eigenvalue weighted by atomic mass is 35.5. The van der Waals surface area contributed by atoms with E-state index in [4.69, 9.17) is 11.6 Å². The molecule has 2 aromatic rings. The molecule has 0 spiro atoms. The van der Waals surface area contributed by atoms with Gasteiger partial charge >= 0.3 is 0 Å². The van der Waals surface area contributed by atoms with Crippen LogP contribution < -0.4 is 10.2 Å². The lowest BCUT2D eigenvalue weighted by molar-refractivity contribution is -0.119. The average Bonchev–Trinajstić information content (AvgIpc) is 3.46. The molecule has 144 valence electrons. The van der Waals surface area contributed by atoms with E-state index in [1.165, 1.54) is 0 Å². The Labute approximate surface area is 168 Å². The van der Waals surface area contributed by atoms with Crippen molar-refractivity contribution in [2.24, 2.45) is 5.92 Å². The molecule has 0 saturated heterocycles. The number of halogens is 1. The Balaban J connectivity index is 1.33. The molecule has 2 aliphatic rings. The number of benzene rings is 2. The van der Waals surface area contributed by atoms with Crippen LogP contribution in [0.25, 0.3) is 0 Å². The normalized spacial score (nSPS) is 15.2. The van der Waals surface area contributed by atoms with Crippen molar-refractivity contribution in [1.82, 2.24) is 0 Å². The Morgan fingerprint density at radius 1 is 1.04 bits per heavy atom. The molecular weight excluding hydrogens is 376 g/mol. The number of anilines is 2. The lowest BCUT2D eigenvalue weighted by atomic mass is 10.1. The molecule has 6 heteroatoms. The summed E-state index contributed by atoms with van der Waals surface area (Å²) in [5, 5.41) is 3.42. The third kappa shape index (κ3) is 4.09. The first-order valence-corrected chi connectivity index (χ1v) is 9.92. The number of carbonyl (C=O) groups excluding carboxylic acids is 3. The van der Waals surface area contributed by atoms with Crippen LogP contribution in [-0.2, 0) is 16.0 Å². The zero-order valence-corrected chi connectivity index (χ0v) is 16.2. The van der Waals surface area contributed by atoms with Gasteiger partial charge in [0, 0.05) is 47.3 Å². The van der Waals surface area contributed by atoms with Gasteiger partial charge in [0.1, 0.15) is 0 Å². The molecule has 0 atom stereocenters. The first kappa shape index (κ1) is 18.7. The van der Waals surface area contributed by atoms with Crippen LogP contribution in [0.4, 0.5) is 11.4 Å². The van der Waals surface area contributed by atoms with Crippen molar-refractivity contribution in [3.63, 3.8) is 0 Å². The van der Waals surface area contributed by atoms with Crippen molar-refractivity contribution in [1.29, 1.82) is 0 Å². The second-order valence-electron chi connectivity index (χ2n) is 7.34. The molecule has 2 amide bonds. The number of hydrogen-bond donors (Lipinski definition) is 1. The number of carbonyl (C=O) groups is 3. The van der Waals surface area contributed by atoms with E-state index in [1.807, 2.05) is 23.1 Å². The molecule has 1 saturated carbocycles. The third-order valence-corrected chi connectivity index (χ3v) is 5.45. The van der Waals surface area contributed by atoms with Crippen LogP contribution in [0.5, 0.6) is 0 Å². The van der Waals surface area contributed by atoms with E-state index in [2.05, 4.69) is 5.32 Å². The van der Waals surface area contributed by atoms with Crippen LogP contribution in [0.2, 0.25) is 5.02 Å². The van der Waals surface area contributed by atoms with Crippen molar-refractivity contribution in [2.45, 2.75) is 32.1 Å². The lowest BCUT2D eigenvalue weighted by Gasteiger charge is -2.17. The van der Waals surface area contributed by atoms with Gasteiger partial charge in [0.15, 0.2) is 5.78 Å². The fourth-order valence-electron chi connectivity index (χ4n) is 3.49. The van der Waals surface area contributed by atoms with E-state index in [0.717, 1.165) is 30.5 Å². The van der Waals surface area contributed by atoms with E-state index in [-0.39, 0.29) is 36.4 Å². The Morgan fingerprint density at radius 2 is 1.79 bits per heavy atom. The zero-order chi connectivity index (χ0) is 19.7. The lowest BCUT2D eigenvalue weighted by Crippen LogP contribution is -2.30. The molecule has 1 aliphatic carbocycles. The van der Waals surface area contributed by atoms with Gasteiger partial charge < -0.3 is 10.2 Å². The van der Waals surface area contributed by atoms with Gasteiger partial charge in [-0.25, -0.2) is 0 Å². The maximum atomic E-state index is 12.3. The molecule has 1 aliphatic heterocycles. The zero-order valence-electron chi connectivity index (χ0n) is 15.4. The molecule has 0 bridgehead atoms. The first-order valence-electron chi connectivity index (χ1n) is 9.54. The molecule has 28 heavy (non-hydrogen) atoms. The van der Waals surface area contributed by atoms with Gasteiger partial charge in [0.05, 0.1) is 0 Å². The summed E-state index contributed by atoms with van der Waals surface area (Å²) in [5.74, 6) is 0.126. The highest BCUT2D eigenvalue weighted by Crippen LogP contribution is 2.37.